The van der Waals surface area contributed by atoms with Crippen molar-refractivity contribution in [1.29, 1.82) is 0 Å². The maximum Gasteiger partial charge on any atom is 0.150 e. The van der Waals surface area contributed by atoms with Gasteiger partial charge in [-0.1, -0.05) is 18.2 Å². The highest BCUT2D eigenvalue weighted by Crippen LogP contribution is 2.19. The van der Waals surface area contributed by atoms with Gasteiger partial charge in [-0.2, -0.15) is 0 Å². The predicted molar refractivity (Wildman–Crippen MR) is 74.3 cm³/mol. The summed E-state index contributed by atoms with van der Waals surface area (Å²) in [5, 5.41) is 0. The molecule has 0 unspecified atom stereocenters. The molecule has 2 N–H and O–H groups in total. The van der Waals surface area contributed by atoms with Gasteiger partial charge in [0.25, 0.3) is 0 Å². The summed E-state index contributed by atoms with van der Waals surface area (Å²) in [5.74, 6) is 0.920. The number of aromatic nitrogens is 2. The highest BCUT2D eigenvalue weighted by atomic mass is 15.2. The van der Waals surface area contributed by atoms with Crippen LogP contribution in [0, 0.1) is 6.92 Å². The van der Waals surface area contributed by atoms with Crippen molar-refractivity contribution < 1.29 is 0 Å². The smallest absolute Gasteiger partial charge is 0.150 e. The van der Waals surface area contributed by atoms with Crippen LogP contribution in [0.2, 0.25) is 0 Å². The Balaban J connectivity index is 2.26. The van der Waals surface area contributed by atoms with Crippen molar-refractivity contribution in [1.82, 2.24) is 9.97 Å². The van der Waals surface area contributed by atoms with Gasteiger partial charge in [-0.05, 0) is 25.5 Å². The molecule has 18 heavy (non-hydrogen) atoms. The molecular formula is C14H18N4. The zero-order valence-electron chi connectivity index (χ0n) is 10.8. The van der Waals surface area contributed by atoms with E-state index >= 15 is 0 Å². The normalized spacial score (nSPS) is 10.3. The first-order chi connectivity index (χ1) is 8.72. The van der Waals surface area contributed by atoms with Crippen molar-refractivity contribution >= 4 is 11.5 Å². The first-order valence-corrected chi connectivity index (χ1v) is 6.08. The van der Waals surface area contributed by atoms with Gasteiger partial charge in [-0.25, -0.2) is 4.98 Å². The molecule has 0 fully saturated rings. The number of nitrogen functional groups attached to an aromatic ring is 1. The van der Waals surface area contributed by atoms with Gasteiger partial charge in [0.1, 0.15) is 5.82 Å². The summed E-state index contributed by atoms with van der Waals surface area (Å²) in [6.45, 7) is 5.70. The zero-order valence-corrected chi connectivity index (χ0v) is 10.8. The zero-order chi connectivity index (χ0) is 13.0. The molecule has 1 aromatic heterocycles. The Kier molecular flexibility index (Phi) is 3.77. The Hall–Kier alpha value is -2.10. The van der Waals surface area contributed by atoms with E-state index in [-0.39, 0.29) is 0 Å². The summed E-state index contributed by atoms with van der Waals surface area (Å²) >= 11 is 0. The molecular weight excluding hydrogens is 224 g/mol. The third-order valence-corrected chi connectivity index (χ3v) is 2.95. The van der Waals surface area contributed by atoms with E-state index in [2.05, 4.69) is 21.8 Å². The van der Waals surface area contributed by atoms with Gasteiger partial charge in [-0.15, -0.1) is 0 Å². The van der Waals surface area contributed by atoms with E-state index in [1.807, 2.05) is 31.2 Å². The largest absolute Gasteiger partial charge is 0.398 e. The van der Waals surface area contributed by atoms with Crippen LogP contribution >= 0.6 is 0 Å². The molecule has 4 heteroatoms. The SMILES string of the molecule is CCN(Cc1ccccc1N)c1nccnc1C. The summed E-state index contributed by atoms with van der Waals surface area (Å²) in [7, 11) is 0. The summed E-state index contributed by atoms with van der Waals surface area (Å²) < 4.78 is 0. The molecule has 1 heterocycles. The van der Waals surface area contributed by atoms with E-state index in [4.69, 9.17) is 5.73 Å². The van der Waals surface area contributed by atoms with Crippen molar-refractivity contribution in [3.05, 3.63) is 47.9 Å². The number of nitrogens with two attached hydrogens (primary N) is 1. The minimum atomic E-state index is 0.753. The number of benzene rings is 1. The van der Waals surface area contributed by atoms with Crippen LogP contribution in [0.25, 0.3) is 0 Å². The molecule has 0 amide bonds. The second-order valence-corrected chi connectivity index (χ2v) is 4.18. The highest BCUT2D eigenvalue weighted by molar-refractivity contribution is 5.50. The number of hydrogen-bond donors (Lipinski definition) is 1. The average Bonchev–Trinajstić information content (AvgIpc) is 2.39. The number of rotatable bonds is 4. The fraction of sp³-hybridized carbons (Fsp3) is 0.286. The number of hydrogen-bond acceptors (Lipinski definition) is 4. The third-order valence-electron chi connectivity index (χ3n) is 2.95. The van der Waals surface area contributed by atoms with Crippen LogP contribution in [0.15, 0.2) is 36.7 Å². The van der Waals surface area contributed by atoms with Crippen molar-refractivity contribution in [2.24, 2.45) is 0 Å². The molecule has 2 aromatic rings. The summed E-state index contributed by atoms with van der Waals surface area (Å²) in [5.41, 5.74) is 8.85. The average molecular weight is 242 g/mol. The molecule has 0 saturated heterocycles. The van der Waals surface area contributed by atoms with Crippen LogP contribution < -0.4 is 10.6 Å². The van der Waals surface area contributed by atoms with Gasteiger partial charge in [-0.3, -0.25) is 4.98 Å². The lowest BCUT2D eigenvalue weighted by Gasteiger charge is -2.23. The number of aryl methyl sites for hydroxylation is 1. The molecule has 0 radical (unpaired) electrons. The molecule has 0 saturated carbocycles. The van der Waals surface area contributed by atoms with Crippen LogP contribution in [-0.2, 0) is 6.54 Å². The lowest BCUT2D eigenvalue weighted by atomic mass is 10.1. The molecule has 0 spiro atoms. The molecule has 1 aromatic carbocycles. The number of para-hydroxylation sites is 1. The monoisotopic (exact) mass is 242 g/mol. The second-order valence-electron chi connectivity index (χ2n) is 4.18. The van der Waals surface area contributed by atoms with Crippen LogP contribution in [0.3, 0.4) is 0 Å². The first kappa shape index (κ1) is 12.4. The Labute approximate surface area is 107 Å². The Morgan fingerprint density at radius 3 is 2.56 bits per heavy atom. The van der Waals surface area contributed by atoms with Gasteiger partial charge < -0.3 is 10.6 Å². The van der Waals surface area contributed by atoms with Crippen molar-refractivity contribution in [3.8, 4) is 0 Å². The topological polar surface area (TPSA) is 55.0 Å². The molecule has 2 rings (SSSR count). The quantitative estimate of drug-likeness (QED) is 0.836. The highest BCUT2D eigenvalue weighted by Gasteiger charge is 2.11. The van der Waals surface area contributed by atoms with E-state index in [1.54, 1.807) is 12.4 Å². The fourth-order valence-corrected chi connectivity index (χ4v) is 1.93. The maximum absolute atomic E-state index is 5.98. The van der Waals surface area contributed by atoms with Gasteiger partial charge >= 0.3 is 0 Å². The van der Waals surface area contributed by atoms with E-state index in [9.17, 15) is 0 Å². The molecule has 0 bridgehead atoms. The van der Waals surface area contributed by atoms with E-state index < -0.39 is 0 Å². The number of anilines is 2. The van der Waals surface area contributed by atoms with E-state index in [0.717, 1.165) is 35.9 Å². The molecule has 4 nitrogen and oxygen atoms in total. The molecule has 0 aliphatic carbocycles. The second kappa shape index (κ2) is 5.49. The van der Waals surface area contributed by atoms with Crippen LogP contribution in [0.5, 0.6) is 0 Å². The minimum absolute atomic E-state index is 0.753. The fourth-order valence-electron chi connectivity index (χ4n) is 1.93. The lowest BCUT2D eigenvalue weighted by Crippen LogP contribution is -2.24. The first-order valence-electron chi connectivity index (χ1n) is 6.08. The van der Waals surface area contributed by atoms with Crippen molar-refractivity contribution in [2.75, 3.05) is 17.2 Å². The predicted octanol–water partition coefficient (Wildman–Crippen LogP) is 2.39. The molecule has 0 aliphatic rings. The maximum atomic E-state index is 5.98. The third kappa shape index (κ3) is 2.59. The van der Waals surface area contributed by atoms with Gasteiger partial charge in [0, 0.05) is 31.2 Å². The lowest BCUT2D eigenvalue weighted by molar-refractivity contribution is 0.803. The standard InChI is InChI=1S/C14H18N4/c1-3-18(14-11(2)16-8-9-17-14)10-12-6-4-5-7-13(12)15/h4-9H,3,10,15H2,1-2H3. The molecule has 0 aliphatic heterocycles. The summed E-state index contributed by atoms with van der Waals surface area (Å²) in [6, 6.07) is 7.92. The Bertz CT molecular complexity index is 525. The van der Waals surface area contributed by atoms with Gasteiger partial charge in [0.15, 0.2) is 0 Å². The van der Waals surface area contributed by atoms with E-state index in [1.165, 1.54) is 0 Å². The van der Waals surface area contributed by atoms with Crippen LogP contribution in [0.1, 0.15) is 18.2 Å². The van der Waals surface area contributed by atoms with Crippen molar-refractivity contribution in [2.45, 2.75) is 20.4 Å². The Morgan fingerprint density at radius 1 is 1.17 bits per heavy atom. The summed E-state index contributed by atoms with van der Waals surface area (Å²) in [4.78, 5) is 10.8. The Morgan fingerprint density at radius 2 is 1.89 bits per heavy atom. The molecule has 94 valence electrons. The van der Waals surface area contributed by atoms with E-state index in [0.29, 0.717) is 0 Å². The van der Waals surface area contributed by atoms with Gasteiger partial charge in [0.2, 0.25) is 0 Å². The minimum Gasteiger partial charge on any atom is -0.398 e. The summed E-state index contributed by atoms with van der Waals surface area (Å²) in [6.07, 6.45) is 3.43. The van der Waals surface area contributed by atoms with Gasteiger partial charge in [0.05, 0.1) is 5.69 Å². The number of nitrogens with zero attached hydrogens (tertiary/aromatic N) is 3. The molecule has 0 atom stereocenters. The van der Waals surface area contributed by atoms with Crippen molar-refractivity contribution in [3.63, 3.8) is 0 Å². The van der Waals surface area contributed by atoms with Crippen LogP contribution in [0.4, 0.5) is 11.5 Å². The van der Waals surface area contributed by atoms with Crippen LogP contribution in [-0.4, -0.2) is 16.5 Å².